The Morgan fingerprint density at radius 2 is 1.58 bits per heavy atom. The molecule has 1 saturated carbocycles. The van der Waals surface area contributed by atoms with Gasteiger partial charge < -0.3 is 19.9 Å². The van der Waals surface area contributed by atoms with Gasteiger partial charge in [-0.25, -0.2) is 40.0 Å². The maximum Gasteiger partial charge on any atom is 0.435 e. The third-order valence-electron chi connectivity index (χ3n) is 12.4. The highest BCUT2D eigenvalue weighted by Gasteiger charge is 2.68. The number of carboxylic acids is 1. The highest BCUT2D eigenvalue weighted by Crippen LogP contribution is 2.68. The number of hydrogen-bond donors (Lipinski definition) is 2. The normalized spacial score (nSPS) is 16.8. The molecule has 5 aromatic rings. The van der Waals surface area contributed by atoms with Gasteiger partial charge in [0.05, 0.1) is 38.7 Å². The second-order valence-electron chi connectivity index (χ2n) is 18.3. The Bertz CT molecular complexity index is 3440. The molecule has 410 valence electrons. The number of hydrogen-bond acceptors (Lipinski definition) is 13. The second kappa shape index (κ2) is 20.3. The van der Waals surface area contributed by atoms with Crippen LogP contribution >= 0.6 is 11.6 Å². The Hall–Kier alpha value is -6.82. The van der Waals surface area contributed by atoms with Crippen LogP contribution in [0, 0.1) is 17.6 Å². The summed E-state index contributed by atoms with van der Waals surface area (Å²) < 4.78 is 207. The third-order valence-corrected chi connectivity index (χ3v) is 15.9. The molecule has 3 aromatic heterocycles. The number of amides is 2. The topological polar surface area (TPSA) is 239 Å². The molecule has 0 spiro atoms. The zero-order valence-corrected chi connectivity index (χ0v) is 42.0. The number of carbonyl (C=O) groups is 4. The minimum atomic E-state index is -5.24. The number of anilines is 1. The van der Waals surface area contributed by atoms with E-state index in [0.717, 1.165) is 30.5 Å². The van der Waals surface area contributed by atoms with Gasteiger partial charge in [0.1, 0.15) is 30.4 Å². The standard InChI is InChI=1S/C45H40ClF10N7O11S2/c1-42(2,75(3,69)70)12-11-24-5-6-25(26-7-8-29(46)35-37(26)62(19-43(49,50)51)60-40(35)63(76(4,71)72)41(68)74-20-73-33(67)10-9-32(65)66)36(57-24)30(15-21-13-22(47)16-23(48)14-21)58-31(64)18-61-39-34(38(59-61)45(54,55)56)27-17-28(27)44(39,52)53/h5-10,13-14,16,27-28,30H,11-12,15,17-20H2,1-4H3,(H,58,64)(H,65,66)/b10-9+/t27?,28-,30+/m1/s1. The summed E-state index contributed by atoms with van der Waals surface area (Å²) in [6, 6.07) is 4.75. The molecule has 2 aromatic carbocycles. The smallest absolute Gasteiger partial charge is 0.435 e. The highest BCUT2D eigenvalue weighted by atomic mass is 35.5. The summed E-state index contributed by atoms with van der Waals surface area (Å²) >= 11 is 6.59. The summed E-state index contributed by atoms with van der Waals surface area (Å²) in [6.07, 6.45) is -11.7. The average Bonchev–Trinajstić information content (AvgIpc) is 3.79. The molecule has 0 radical (unpaired) electrons. The number of rotatable bonds is 18. The molecule has 0 saturated heterocycles. The van der Waals surface area contributed by atoms with Crippen LogP contribution < -0.4 is 9.62 Å². The molecule has 7 rings (SSSR count). The van der Waals surface area contributed by atoms with E-state index in [0.29, 0.717) is 24.5 Å². The monoisotopic (exact) mass is 1140 g/mol. The van der Waals surface area contributed by atoms with E-state index in [9.17, 15) is 71.1 Å². The van der Waals surface area contributed by atoms with Crippen LogP contribution in [0.25, 0.3) is 22.0 Å². The maximum absolute atomic E-state index is 15.6. The largest absolute Gasteiger partial charge is 0.478 e. The Balaban J connectivity index is 1.43. The fourth-order valence-electron chi connectivity index (χ4n) is 8.58. The van der Waals surface area contributed by atoms with Crippen molar-refractivity contribution in [2.45, 2.75) is 87.6 Å². The number of esters is 1. The number of aliphatic carboxylic acids is 1. The van der Waals surface area contributed by atoms with Crippen molar-refractivity contribution in [2.75, 3.05) is 23.6 Å². The molecule has 2 amide bonds. The number of nitrogens with zero attached hydrogens (tertiary/aromatic N) is 6. The summed E-state index contributed by atoms with van der Waals surface area (Å²) in [5, 5.41) is 17.0. The van der Waals surface area contributed by atoms with E-state index in [1.54, 1.807) is 0 Å². The lowest BCUT2D eigenvalue weighted by molar-refractivity contribution is -0.146. The minimum absolute atomic E-state index is 0.00132. The molecule has 1 unspecified atom stereocenters. The van der Waals surface area contributed by atoms with Gasteiger partial charge in [0.2, 0.25) is 22.7 Å². The number of sulfone groups is 1. The molecular weight excluding hydrogens is 1100 g/mol. The molecule has 31 heteroatoms. The van der Waals surface area contributed by atoms with Gasteiger partial charge >= 0.3 is 30.4 Å². The lowest BCUT2D eigenvalue weighted by Crippen LogP contribution is -2.37. The van der Waals surface area contributed by atoms with Crippen molar-refractivity contribution in [3.05, 3.63) is 105 Å². The van der Waals surface area contributed by atoms with E-state index in [1.807, 2.05) is 0 Å². The van der Waals surface area contributed by atoms with Crippen molar-refractivity contribution >= 4 is 72.1 Å². The second-order valence-corrected chi connectivity index (χ2v) is 23.2. The first kappa shape index (κ1) is 56.9. The number of aromatic nitrogens is 5. The van der Waals surface area contributed by atoms with Crippen LogP contribution in [0.4, 0.5) is 54.5 Å². The lowest BCUT2D eigenvalue weighted by Gasteiger charge is -2.25. The number of benzene rings is 2. The number of pyridine rings is 1. The molecule has 18 nitrogen and oxygen atoms in total. The van der Waals surface area contributed by atoms with E-state index < -0.39 is 173 Å². The Morgan fingerprint density at radius 1 is 0.934 bits per heavy atom. The van der Waals surface area contributed by atoms with Crippen LogP contribution in [-0.2, 0) is 81.7 Å². The number of carbonyl (C=O) groups excluding carboxylic acids is 3. The fourth-order valence-corrected chi connectivity index (χ4v) is 10.1. The zero-order valence-electron chi connectivity index (χ0n) is 39.6. The van der Waals surface area contributed by atoms with Gasteiger partial charge in [-0.1, -0.05) is 23.7 Å². The van der Waals surface area contributed by atoms with E-state index in [2.05, 4.69) is 25.2 Å². The number of alkyl halides is 8. The summed E-state index contributed by atoms with van der Waals surface area (Å²) in [5.74, 6) is -14.4. The molecule has 2 aliphatic carbocycles. The Labute approximate surface area is 428 Å². The number of ether oxygens (including phenoxy) is 2. The van der Waals surface area contributed by atoms with Crippen molar-refractivity contribution < 1.29 is 94.5 Å². The first-order valence-electron chi connectivity index (χ1n) is 22.0. The molecule has 1 fully saturated rings. The molecule has 2 N–H and O–H groups in total. The number of halogens is 11. The number of fused-ring (bicyclic) bond motifs is 4. The van der Waals surface area contributed by atoms with Crippen LogP contribution in [0.15, 0.2) is 54.6 Å². The van der Waals surface area contributed by atoms with E-state index in [1.165, 1.54) is 26.0 Å². The van der Waals surface area contributed by atoms with Crippen molar-refractivity contribution in [3.8, 4) is 11.1 Å². The van der Waals surface area contributed by atoms with Gasteiger partial charge in [0.25, 0.3) is 5.92 Å². The van der Waals surface area contributed by atoms with E-state index in [4.69, 9.17) is 21.4 Å². The van der Waals surface area contributed by atoms with Crippen LogP contribution in [0.5, 0.6) is 0 Å². The van der Waals surface area contributed by atoms with Gasteiger partial charge in [-0.05, 0) is 75.3 Å². The summed E-state index contributed by atoms with van der Waals surface area (Å²) in [5.41, 5.74) is -5.80. The van der Waals surface area contributed by atoms with Gasteiger partial charge in [0.15, 0.2) is 21.3 Å². The molecule has 76 heavy (non-hydrogen) atoms. The Kier molecular flexibility index (Phi) is 15.2. The molecular formula is C45H40ClF10N7O11S2. The highest BCUT2D eigenvalue weighted by molar-refractivity contribution is 7.92. The molecule has 2 aliphatic rings. The van der Waals surface area contributed by atoms with Crippen molar-refractivity contribution in [3.63, 3.8) is 0 Å². The van der Waals surface area contributed by atoms with Gasteiger partial charge in [-0.2, -0.15) is 49.6 Å². The summed E-state index contributed by atoms with van der Waals surface area (Å²) in [6.45, 7) is -2.03. The first-order valence-corrected chi connectivity index (χ1v) is 26.1. The zero-order chi connectivity index (χ0) is 56.4. The number of carboxylic acid groups (broad SMARTS) is 1. The number of nitrogens with one attached hydrogen (secondary N) is 1. The number of aryl methyl sites for hydroxylation is 1. The molecule has 0 aliphatic heterocycles. The van der Waals surface area contributed by atoms with E-state index in [-0.39, 0.29) is 49.8 Å². The van der Waals surface area contributed by atoms with E-state index >= 15 is 8.78 Å². The van der Waals surface area contributed by atoms with Crippen molar-refractivity contribution in [1.29, 1.82) is 0 Å². The average molecular weight is 1140 g/mol. The predicted octanol–water partition coefficient (Wildman–Crippen LogP) is 7.92. The molecule has 0 bridgehead atoms. The predicted molar refractivity (Wildman–Crippen MR) is 246 cm³/mol. The third kappa shape index (κ3) is 12.1. The van der Waals surface area contributed by atoms with Gasteiger partial charge in [0, 0.05) is 52.8 Å². The van der Waals surface area contributed by atoms with Crippen molar-refractivity contribution in [1.82, 2.24) is 29.9 Å². The number of sulfonamides is 1. The first-order chi connectivity index (χ1) is 35.0. The van der Waals surface area contributed by atoms with Crippen LogP contribution in [-0.4, -0.2) is 101 Å². The van der Waals surface area contributed by atoms with Crippen LogP contribution in [0.3, 0.4) is 0 Å². The van der Waals surface area contributed by atoms with Crippen LogP contribution in [0.2, 0.25) is 5.02 Å². The van der Waals surface area contributed by atoms with Crippen molar-refractivity contribution in [2.24, 2.45) is 5.92 Å². The van der Waals surface area contributed by atoms with Gasteiger partial charge in [-0.15, -0.1) is 0 Å². The van der Waals surface area contributed by atoms with Gasteiger partial charge in [-0.3, -0.25) is 19.1 Å². The molecule has 3 atom stereocenters. The maximum atomic E-state index is 15.6. The Morgan fingerprint density at radius 3 is 2.17 bits per heavy atom. The summed E-state index contributed by atoms with van der Waals surface area (Å²) in [4.78, 5) is 55.0. The summed E-state index contributed by atoms with van der Waals surface area (Å²) in [7, 11) is -8.81. The lowest BCUT2D eigenvalue weighted by atomic mass is 9.93. The fraction of sp³-hybridized carbons (Fsp3) is 0.400. The minimum Gasteiger partial charge on any atom is -0.478 e. The molecule has 3 heterocycles. The van der Waals surface area contributed by atoms with Crippen LogP contribution in [0.1, 0.15) is 72.6 Å². The quantitative estimate of drug-likeness (QED) is 0.0367. The SMILES string of the molecule is CC(C)(CCc1ccc(-c2ccc(Cl)c3c(N(C(=O)OCOC(=O)/C=C/C(=O)O)S(C)(=O)=O)nn(CC(F)(F)F)c23)c([C@H](Cc2cc(F)cc(F)c2)NC(=O)Cn2nc(C(F)(F)F)c3c2C(F)(F)[C@@H]2CC32)n1)S(C)(=O)=O.